The van der Waals surface area contributed by atoms with Gasteiger partial charge in [-0.1, -0.05) is 15.9 Å². The molecule has 1 aromatic heterocycles. The molecule has 1 amide bonds. The minimum atomic E-state index is -0.433. The van der Waals surface area contributed by atoms with Gasteiger partial charge in [-0.05, 0) is 18.2 Å². The van der Waals surface area contributed by atoms with Crippen LogP contribution >= 0.6 is 15.9 Å². The number of primary amides is 1. The number of fused-ring (bicyclic) bond motifs is 1. The number of nitrogens with two attached hydrogens (primary N) is 1. The molecule has 82 valence electrons. The quantitative estimate of drug-likeness (QED) is 0.870. The lowest BCUT2D eigenvalue weighted by atomic mass is 10.2. The van der Waals surface area contributed by atoms with E-state index in [0.29, 0.717) is 5.56 Å². The van der Waals surface area contributed by atoms with Crippen molar-refractivity contribution in [2.45, 2.75) is 6.54 Å². The largest absolute Gasteiger partial charge is 0.368 e. The van der Waals surface area contributed by atoms with Crippen LogP contribution in [0.5, 0.6) is 0 Å². The first-order valence-electron chi connectivity index (χ1n) is 4.63. The average molecular weight is 281 g/mol. The number of hydrogen-bond acceptors (Lipinski definition) is 2. The van der Waals surface area contributed by atoms with E-state index in [2.05, 4.69) is 15.9 Å². The van der Waals surface area contributed by atoms with Gasteiger partial charge in [-0.25, -0.2) is 0 Å². The van der Waals surface area contributed by atoms with Crippen molar-refractivity contribution in [1.29, 1.82) is 0 Å². The molecule has 0 aliphatic heterocycles. The van der Waals surface area contributed by atoms with Crippen LogP contribution in [0.1, 0.15) is 10.4 Å². The van der Waals surface area contributed by atoms with E-state index in [1.54, 1.807) is 10.8 Å². The van der Waals surface area contributed by atoms with Gasteiger partial charge in [0.2, 0.25) is 5.91 Å². The van der Waals surface area contributed by atoms with Gasteiger partial charge in [0, 0.05) is 27.1 Å². The van der Waals surface area contributed by atoms with E-state index in [-0.39, 0.29) is 6.54 Å². The Morgan fingerprint density at radius 3 is 2.88 bits per heavy atom. The zero-order chi connectivity index (χ0) is 11.7. The molecule has 1 aromatic carbocycles. The van der Waals surface area contributed by atoms with E-state index < -0.39 is 5.91 Å². The summed E-state index contributed by atoms with van der Waals surface area (Å²) >= 11 is 3.34. The number of carbonyl (C=O) groups is 2. The molecule has 5 heteroatoms. The highest BCUT2D eigenvalue weighted by Gasteiger charge is 2.09. The van der Waals surface area contributed by atoms with Crippen LogP contribution in [0.4, 0.5) is 0 Å². The topological polar surface area (TPSA) is 65.1 Å². The zero-order valence-corrected chi connectivity index (χ0v) is 9.90. The van der Waals surface area contributed by atoms with Gasteiger partial charge in [0.05, 0.1) is 0 Å². The minimum Gasteiger partial charge on any atom is -0.368 e. The van der Waals surface area contributed by atoms with E-state index in [9.17, 15) is 9.59 Å². The molecule has 0 saturated heterocycles. The molecule has 0 aliphatic carbocycles. The molecule has 0 aliphatic rings. The number of amides is 1. The summed E-state index contributed by atoms with van der Waals surface area (Å²) in [7, 11) is 0. The number of benzene rings is 1. The van der Waals surface area contributed by atoms with Gasteiger partial charge in [0.1, 0.15) is 6.54 Å². The molecule has 0 bridgehead atoms. The highest BCUT2D eigenvalue weighted by molar-refractivity contribution is 9.10. The van der Waals surface area contributed by atoms with Gasteiger partial charge in [0.15, 0.2) is 6.29 Å². The lowest BCUT2D eigenvalue weighted by Gasteiger charge is -2.01. The summed E-state index contributed by atoms with van der Waals surface area (Å²) in [6, 6.07) is 5.54. The lowest BCUT2D eigenvalue weighted by molar-refractivity contribution is -0.118. The number of rotatable bonds is 3. The Morgan fingerprint density at radius 1 is 1.50 bits per heavy atom. The van der Waals surface area contributed by atoms with E-state index >= 15 is 0 Å². The Hall–Kier alpha value is -1.62. The predicted octanol–water partition coefficient (Wildman–Crippen LogP) is 1.70. The second kappa shape index (κ2) is 4.09. The summed E-state index contributed by atoms with van der Waals surface area (Å²) in [4.78, 5) is 21.8. The predicted molar refractivity (Wildman–Crippen MR) is 64.2 cm³/mol. The van der Waals surface area contributed by atoms with E-state index in [1.807, 2.05) is 18.2 Å². The smallest absolute Gasteiger partial charge is 0.237 e. The molecule has 16 heavy (non-hydrogen) atoms. The number of hydrogen-bond donors (Lipinski definition) is 1. The standard InChI is InChI=1S/C11H9BrN2O2/c12-8-1-2-10-9(3-8)7(6-15)4-14(10)5-11(13)16/h1-4,6H,5H2,(H2,13,16). The van der Waals surface area contributed by atoms with Crippen molar-refractivity contribution in [2.24, 2.45) is 5.73 Å². The summed E-state index contributed by atoms with van der Waals surface area (Å²) in [6.45, 7) is 0.0754. The fourth-order valence-electron chi connectivity index (χ4n) is 1.69. The van der Waals surface area contributed by atoms with Crippen LogP contribution < -0.4 is 5.73 Å². The Labute approximate surface area is 100 Å². The van der Waals surface area contributed by atoms with Crippen LogP contribution in [0.15, 0.2) is 28.9 Å². The molecule has 2 N–H and O–H groups in total. The molecule has 0 unspecified atom stereocenters. The molecule has 0 radical (unpaired) electrons. The van der Waals surface area contributed by atoms with Crippen molar-refractivity contribution in [1.82, 2.24) is 4.57 Å². The van der Waals surface area contributed by atoms with Gasteiger partial charge >= 0.3 is 0 Å². The second-order valence-corrected chi connectivity index (χ2v) is 4.37. The van der Waals surface area contributed by atoms with Crippen LogP contribution in [-0.2, 0) is 11.3 Å². The molecular weight excluding hydrogens is 272 g/mol. The van der Waals surface area contributed by atoms with Crippen molar-refractivity contribution < 1.29 is 9.59 Å². The first-order chi connectivity index (χ1) is 7.61. The summed E-state index contributed by atoms with van der Waals surface area (Å²) in [6.07, 6.45) is 2.40. The fraction of sp³-hybridized carbons (Fsp3) is 0.0909. The molecule has 1 heterocycles. The van der Waals surface area contributed by atoms with Gasteiger partial charge in [-0.15, -0.1) is 0 Å². The summed E-state index contributed by atoms with van der Waals surface area (Å²) in [5, 5.41) is 0.811. The number of aldehydes is 1. The first kappa shape index (κ1) is 10.9. The Bertz CT molecular complexity index is 575. The number of halogens is 1. The van der Waals surface area contributed by atoms with E-state index in [0.717, 1.165) is 21.7 Å². The maximum absolute atomic E-state index is 10.9. The normalized spacial score (nSPS) is 10.6. The highest BCUT2D eigenvalue weighted by Crippen LogP contribution is 2.24. The highest BCUT2D eigenvalue weighted by atomic mass is 79.9. The molecule has 0 fully saturated rings. The lowest BCUT2D eigenvalue weighted by Crippen LogP contribution is -2.17. The first-order valence-corrected chi connectivity index (χ1v) is 5.43. The van der Waals surface area contributed by atoms with Crippen LogP contribution in [0.2, 0.25) is 0 Å². The van der Waals surface area contributed by atoms with Crippen LogP contribution in [0.25, 0.3) is 10.9 Å². The SMILES string of the molecule is NC(=O)Cn1cc(C=O)c2cc(Br)ccc21. The van der Waals surface area contributed by atoms with Crippen molar-refractivity contribution in [3.8, 4) is 0 Å². The molecule has 0 atom stereocenters. The zero-order valence-electron chi connectivity index (χ0n) is 8.31. The van der Waals surface area contributed by atoms with Gasteiger partial charge in [0.25, 0.3) is 0 Å². The van der Waals surface area contributed by atoms with Crippen molar-refractivity contribution in [3.05, 3.63) is 34.4 Å². The van der Waals surface area contributed by atoms with E-state index in [1.165, 1.54) is 0 Å². The third-order valence-electron chi connectivity index (χ3n) is 2.33. The number of carbonyl (C=O) groups excluding carboxylic acids is 2. The van der Waals surface area contributed by atoms with E-state index in [4.69, 9.17) is 5.73 Å². The minimum absolute atomic E-state index is 0.0754. The van der Waals surface area contributed by atoms with Gasteiger partial charge < -0.3 is 10.3 Å². The Kier molecular flexibility index (Phi) is 2.78. The molecule has 4 nitrogen and oxygen atoms in total. The monoisotopic (exact) mass is 280 g/mol. The van der Waals surface area contributed by atoms with Gasteiger partial charge in [-0.3, -0.25) is 9.59 Å². The maximum Gasteiger partial charge on any atom is 0.237 e. The van der Waals surface area contributed by atoms with Crippen LogP contribution in [0.3, 0.4) is 0 Å². The summed E-state index contributed by atoms with van der Waals surface area (Å²) in [5.74, 6) is -0.433. The molecule has 2 aromatic rings. The number of aromatic nitrogens is 1. The summed E-state index contributed by atoms with van der Waals surface area (Å²) < 4.78 is 2.56. The fourth-order valence-corrected chi connectivity index (χ4v) is 2.05. The molecule has 2 rings (SSSR count). The Balaban J connectivity index is 2.67. The third-order valence-corrected chi connectivity index (χ3v) is 2.82. The Morgan fingerprint density at radius 2 is 2.25 bits per heavy atom. The van der Waals surface area contributed by atoms with Crippen molar-refractivity contribution in [3.63, 3.8) is 0 Å². The summed E-state index contributed by atoms with van der Waals surface area (Å²) in [5.41, 5.74) is 6.52. The average Bonchev–Trinajstić information content (AvgIpc) is 2.55. The van der Waals surface area contributed by atoms with Gasteiger partial charge in [-0.2, -0.15) is 0 Å². The second-order valence-electron chi connectivity index (χ2n) is 3.46. The number of nitrogens with zero attached hydrogens (tertiary/aromatic N) is 1. The molecular formula is C11H9BrN2O2. The van der Waals surface area contributed by atoms with Crippen LogP contribution in [0, 0.1) is 0 Å². The van der Waals surface area contributed by atoms with Crippen molar-refractivity contribution >= 4 is 39.0 Å². The molecule has 0 saturated carbocycles. The molecule has 0 spiro atoms. The maximum atomic E-state index is 10.9. The van der Waals surface area contributed by atoms with Crippen molar-refractivity contribution in [2.75, 3.05) is 0 Å². The third kappa shape index (κ3) is 1.86. The van der Waals surface area contributed by atoms with Crippen LogP contribution in [-0.4, -0.2) is 16.8 Å².